The number of nitrogens with one attached hydrogen (secondary N) is 2. The third kappa shape index (κ3) is 6.02. The summed E-state index contributed by atoms with van der Waals surface area (Å²) in [7, 11) is -1.98. The van der Waals surface area contributed by atoms with Crippen LogP contribution in [0.15, 0.2) is 59.5 Å². The lowest BCUT2D eigenvalue weighted by Gasteiger charge is -2.07. The largest absolute Gasteiger partial charge is 0.497 e. The van der Waals surface area contributed by atoms with E-state index in [1.807, 2.05) is 19.1 Å². The minimum absolute atomic E-state index is 0.109. The highest BCUT2D eigenvalue weighted by molar-refractivity contribution is 7.89. The van der Waals surface area contributed by atoms with Crippen LogP contribution in [-0.2, 0) is 14.8 Å². The lowest BCUT2D eigenvalue weighted by Crippen LogP contribution is -2.34. The number of benzene rings is 2. The van der Waals surface area contributed by atoms with Crippen LogP contribution in [0.3, 0.4) is 0 Å². The molecule has 2 aromatic rings. The van der Waals surface area contributed by atoms with E-state index in [0.29, 0.717) is 0 Å². The molecule has 7 heteroatoms. The molecule has 6 nitrogen and oxygen atoms in total. The highest BCUT2D eigenvalue weighted by atomic mass is 32.2. The van der Waals surface area contributed by atoms with E-state index in [9.17, 15) is 13.2 Å². The second kappa shape index (κ2) is 9.17. The Morgan fingerprint density at radius 1 is 1.04 bits per heavy atom. The van der Waals surface area contributed by atoms with Gasteiger partial charge in [-0.15, -0.1) is 0 Å². The second-order valence-corrected chi connectivity index (χ2v) is 7.38. The first-order valence-electron chi connectivity index (χ1n) is 8.07. The van der Waals surface area contributed by atoms with Gasteiger partial charge in [-0.3, -0.25) is 4.79 Å². The lowest BCUT2D eigenvalue weighted by molar-refractivity contribution is -0.116. The number of carbonyl (C=O) groups excluding carboxylic acids is 1. The van der Waals surface area contributed by atoms with Crippen molar-refractivity contribution in [2.24, 2.45) is 0 Å². The first-order valence-corrected chi connectivity index (χ1v) is 9.55. The van der Waals surface area contributed by atoms with E-state index in [1.165, 1.54) is 6.08 Å². The number of hydrogen-bond donors (Lipinski definition) is 2. The zero-order valence-electron chi connectivity index (χ0n) is 14.7. The average Bonchev–Trinajstić information content (AvgIpc) is 2.64. The van der Waals surface area contributed by atoms with Crippen molar-refractivity contribution >= 4 is 22.0 Å². The van der Waals surface area contributed by atoms with Gasteiger partial charge in [0.25, 0.3) is 0 Å². The molecule has 0 aromatic heterocycles. The van der Waals surface area contributed by atoms with Gasteiger partial charge < -0.3 is 10.1 Å². The Hall–Kier alpha value is -2.64. The van der Waals surface area contributed by atoms with Crippen LogP contribution in [0, 0.1) is 6.92 Å². The SMILES string of the molecule is COc1ccc(/C=C/C(=O)NCCNS(=O)(=O)c2ccc(C)cc2)cc1. The van der Waals surface area contributed by atoms with Crippen LogP contribution in [0.5, 0.6) is 5.75 Å². The van der Waals surface area contributed by atoms with E-state index in [-0.39, 0.29) is 23.9 Å². The van der Waals surface area contributed by atoms with Crippen molar-refractivity contribution in [2.75, 3.05) is 20.2 Å². The highest BCUT2D eigenvalue weighted by Crippen LogP contribution is 2.12. The van der Waals surface area contributed by atoms with Gasteiger partial charge in [0.1, 0.15) is 5.75 Å². The lowest BCUT2D eigenvalue weighted by atomic mass is 10.2. The van der Waals surface area contributed by atoms with Crippen LogP contribution < -0.4 is 14.8 Å². The fourth-order valence-electron chi connectivity index (χ4n) is 2.12. The molecule has 138 valence electrons. The van der Waals surface area contributed by atoms with Gasteiger partial charge in [-0.05, 0) is 42.8 Å². The Morgan fingerprint density at radius 2 is 1.69 bits per heavy atom. The van der Waals surface area contributed by atoms with E-state index < -0.39 is 10.0 Å². The summed E-state index contributed by atoms with van der Waals surface area (Å²) < 4.78 is 31.7. The number of aryl methyl sites for hydroxylation is 1. The highest BCUT2D eigenvalue weighted by Gasteiger charge is 2.12. The summed E-state index contributed by atoms with van der Waals surface area (Å²) in [5, 5.41) is 2.63. The number of methoxy groups -OCH3 is 1. The molecule has 0 aliphatic rings. The minimum atomic E-state index is -3.57. The van der Waals surface area contributed by atoms with Crippen molar-refractivity contribution in [1.29, 1.82) is 0 Å². The second-order valence-electron chi connectivity index (χ2n) is 5.61. The number of carbonyl (C=O) groups is 1. The maximum absolute atomic E-state index is 12.1. The molecule has 0 atom stereocenters. The number of amides is 1. The molecule has 26 heavy (non-hydrogen) atoms. The average molecular weight is 374 g/mol. The van der Waals surface area contributed by atoms with Gasteiger partial charge in [0, 0.05) is 19.2 Å². The summed E-state index contributed by atoms with van der Waals surface area (Å²) in [4.78, 5) is 12.0. The molecule has 0 radical (unpaired) electrons. The predicted octanol–water partition coefficient (Wildman–Crippen LogP) is 2.11. The van der Waals surface area contributed by atoms with Gasteiger partial charge in [0.15, 0.2) is 0 Å². The molecule has 2 rings (SSSR count). The third-order valence-corrected chi connectivity index (χ3v) is 5.07. The zero-order chi connectivity index (χ0) is 19.0. The van der Waals surface area contributed by atoms with E-state index in [0.717, 1.165) is 16.9 Å². The quantitative estimate of drug-likeness (QED) is 0.547. The number of ether oxygens (including phenoxy) is 1. The van der Waals surface area contributed by atoms with Crippen LogP contribution in [0.4, 0.5) is 0 Å². The topological polar surface area (TPSA) is 84.5 Å². The van der Waals surface area contributed by atoms with Crippen molar-refractivity contribution in [2.45, 2.75) is 11.8 Å². The zero-order valence-corrected chi connectivity index (χ0v) is 15.5. The van der Waals surface area contributed by atoms with Gasteiger partial charge in [-0.25, -0.2) is 13.1 Å². The Balaban J connectivity index is 1.77. The van der Waals surface area contributed by atoms with Gasteiger partial charge in [-0.1, -0.05) is 29.8 Å². The molecule has 1 amide bonds. The third-order valence-electron chi connectivity index (χ3n) is 3.59. The minimum Gasteiger partial charge on any atom is -0.497 e. The molecular weight excluding hydrogens is 352 g/mol. The van der Waals surface area contributed by atoms with Gasteiger partial charge in [0.05, 0.1) is 12.0 Å². The molecule has 2 aromatic carbocycles. The Morgan fingerprint density at radius 3 is 2.31 bits per heavy atom. The summed E-state index contributed by atoms with van der Waals surface area (Å²) >= 11 is 0. The summed E-state index contributed by atoms with van der Waals surface area (Å²) in [6, 6.07) is 13.8. The molecule has 0 saturated heterocycles. The molecule has 0 unspecified atom stereocenters. The Bertz CT molecular complexity index is 857. The van der Waals surface area contributed by atoms with Crippen LogP contribution in [-0.4, -0.2) is 34.5 Å². The standard InChI is InChI=1S/C19H22N2O4S/c1-15-3-10-18(11-4-15)26(23,24)21-14-13-20-19(22)12-7-16-5-8-17(25-2)9-6-16/h3-12,21H,13-14H2,1-2H3,(H,20,22)/b12-7+. The number of hydrogen-bond acceptors (Lipinski definition) is 4. The first-order chi connectivity index (χ1) is 12.4. The van der Waals surface area contributed by atoms with Gasteiger partial charge >= 0.3 is 0 Å². The van der Waals surface area contributed by atoms with Crippen molar-refractivity contribution in [3.63, 3.8) is 0 Å². The van der Waals surface area contributed by atoms with Crippen molar-refractivity contribution in [3.8, 4) is 5.75 Å². The Kier molecular flexibility index (Phi) is 6.94. The van der Waals surface area contributed by atoms with Crippen LogP contribution in [0.1, 0.15) is 11.1 Å². The van der Waals surface area contributed by atoms with E-state index >= 15 is 0 Å². The summed E-state index contributed by atoms with van der Waals surface area (Å²) in [6.45, 7) is 2.19. The van der Waals surface area contributed by atoms with Crippen LogP contribution in [0.2, 0.25) is 0 Å². The van der Waals surface area contributed by atoms with Gasteiger partial charge in [-0.2, -0.15) is 0 Å². The monoisotopic (exact) mass is 374 g/mol. The number of rotatable bonds is 8. The van der Waals surface area contributed by atoms with Crippen molar-refractivity contribution in [3.05, 3.63) is 65.7 Å². The van der Waals surface area contributed by atoms with Crippen molar-refractivity contribution < 1.29 is 17.9 Å². The Labute approximate surface area is 153 Å². The fraction of sp³-hybridized carbons (Fsp3) is 0.211. The van der Waals surface area contributed by atoms with Crippen LogP contribution >= 0.6 is 0 Å². The molecule has 0 heterocycles. The molecule has 2 N–H and O–H groups in total. The normalized spacial score (nSPS) is 11.5. The molecule has 0 fully saturated rings. The number of sulfonamides is 1. The molecule has 0 bridgehead atoms. The smallest absolute Gasteiger partial charge is 0.244 e. The molecule has 0 aliphatic heterocycles. The summed E-state index contributed by atoms with van der Waals surface area (Å²) in [5.74, 6) is 0.447. The summed E-state index contributed by atoms with van der Waals surface area (Å²) in [5.41, 5.74) is 1.85. The predicted molar refractivity (Wildman–Crippen MR) is 101 cm³/mol. The molecule has 0 saturated carbocycles. The molecule has 0 aliphatic carbocycles. The summed E-state index contributed by atoms with van der Waals surface area (Å²) in [6.07, 6.45) is 3.07. The molecule has 0 spiro atoms. The maximum atomic E-state index is 12.1. The fourth-order valence-corrected chi connectivity index (χ4v) is 3.15. The van der Waals surface area contributed by atoms with Crippen molar-refractivity contribution in [1.82, 2.24) is 10.0 Å². The first kappa shape index (κ1) is 19.7. The van der Waals surface area contributed by atoms with Crippen LogP contribution in [0.25, 0.3) is 6.08 Å². The maximum Gasteiger partial charge on any atom is 0.244 e. The molecular formula is C19H22N2O4S. The van der Waals surface area contributed by atoms with E-state index in [1.54, 1.807) is 49.6 Å². The van der Waals surface area contributed by atoms with E-state index in [4.69, 9.17) is 4.74 Å². The van der Waals surface area contributed by atoms with Gasteiger partial charge in [0.2, 0.25) is 15.9 Å². The van der Waals surface area contributed by atoms with E-state index in [2.05, 4.69) is 10.0 Å².